The minimum Gasteiger partial charge on any atom is -0.334 e. The zero-order valence-corrected chi connectivity index (χ0v) is 14.4. The highest BCUT2D eigenvalue weighted by molar-refractivity contribution is 5.74. The van der Waals surface area contributed by atoms with Crippen molar-refractivity contribution < 1.29 is 4.79 Å². The van der Waals surface area contributed by atoms with Crippen molar-refractivity contribution >= 4 is 6.03 Å². The number of amides is 2. The standard InChI is InChI=1S/C18H30N4O/c1-2-21-14-11-19-16(21)15-20-17(23)22-12-6-9-18(10-13-22)7-4-3-5-8-18/h11,14H,2-10,12-13,15H2,1H3,(H,20,23). The summed E-state index contributed by atoms with van der Waals surface area (Å²) in [5, 5.41) is 3.05. The minimum absolute atomic E-state index is 0.0727. The molecule has 1 aliphatic heterocycles. The van der Waals surface area contributed by atoms with Crippen molar-refractivity contribution in [2.45, 2.75) is 71.4 Å². The van der Waals surface area contributed by atoms with Gasteiger partial charge in [-0.1, -0.05) is 19.3 Å². The number of urea groups is 1. The molecule has 0 aromatic carbocycles. The van der Waals surface area contributed by atoms with Crippen LogP contribution in [0.2, 0.25) is 0 Å². The van der Waals surface area contributed by atoms with Gasteiger partial charge in [-0.15, -0.1) is 0 Å². The van der Waals surface area contributed by atoms with E-state index in [0.29, 0.717) is 12.0 Å². The molecule has 0 atom stereocenters. The van der Waals surface area contributed by atoms with Crippen LogP contribution in [0.25, 0.3) is 0 Å². The lowest BCUT2D eigenvalue weighted by molar-refractivity contribution is 0.157. The molecular formula is C18H30N4O. The predicted molar refractivity (Wildman–Crippen MR) is 91.1 cm³/mol. The zero-order chi connectivity index (χ0) is 16.1. The van der Waals surface area contributed by atoms with Crippen LogP contribution in [-0.4, -0.2) is 33.6 Å². The van der Waals surface area contributed by atoms with E-state index in [1.54, 1.807) is 6.20 Å². The average molecular weight is 318 g/mol. The van der Waals surface area contributed by atoms with Crippen LogP contribution < -0.4 is 5.32 Å². The lowest BCUT2D eigenvalue weighted by atomic mass is 9.69. The summed E-state index contributed by atoms with van der Waals surface area (Å²) in [5.41, 5.74) is 0.533. The van der Waals surface area contributed by atoms with Gasteiger partial charge in [0.1, 0.15) is 5.82 Å². The van der Waals surface area contributed by atoms with E-state index < -0.39 is 0 Å². The van der Waals surface area contributed by atoms with E-state index in [1.165, 1.54) is 44.9 Å². The minimum atomic E-state index is 0.0727. The first-order valence-electron chi connectivity index (χ1n) is 9.25. The molecule has 0 radical (unpaired) electrons. The monoisotopic (exact) mass is 318 g/mol. The van der Waals surface area contributed by atoms with Crippen molar-refractivity contribution in [1.82, 2.24) is 19.8 Å². The van der Waals surface area contributed by atoms with Crippen LogP contribution in [0.5, 0.6) is 0 Å². The summed E-state index contributed by atoms with van der Waals surface area (Å²) < 4.78 is 2.07. The van der Waals surface area contributed by atoms with Crippen LogP contribution in [0.1, 0.15) is 64.1 Å². The number of nitrogens with zero attached hydrogens (tertiary/aromatic N) is 3. The van der Waals surface area contributed by atoms with Gasteiger partial charge in [-0.25, -0.2) is 9.78 Å². The molecule has 2 aliphatic rings. The molecule has 0 unspecified atom stereocenters. The maximum Gasteiger partial charge on any atom is 0.317 e. The van der Waals surface area contributed by atoms with Crippen molar-refractivity contribution in [3.05, 3.63) is 18.2 Å². The Labute approximate surface area is 139 Å². The SMILES string of the molecule is CCn1ccnc1CNC(=O)N1CCCC2(CCCCC2)CC1. The first-order chi connectivity index (χ1) is 11.2. The Hall–Kier alpha value is -1.52. The molecule has 1 aromatic rings. The number of hydrogen-bond donors (Lipinski definition) is 1. The van der Waals surface area contributed by atoms with Crippen molar-refractivity contribution in [2.24, 2.45) is 5.41 Å². The number of aromatic nitrogens is 2. The molecular weight excluding hydrogens is 288 g/mol. The third-order valence-electron chi connectivity index (χ3n) is 5.79. The Kier molecular flexibility index (Phi) is 5.23. The fraction of sp³-hybridized carbons (Fsp3) is 0.778. The Bertz CT molecular complexity index is 519. The molecule has 1 saturated carbocycles. The number of aryl methyl sites for hydroxylation is 1. The van der Waals surface area contributed by atoms with Crippen LogP contribution in [0.3, 0.4) is 0 Å². The second kappa shape index (κ2) is 7.37. The van der Waals surface area contributed by atoms with E-state index in [2.05, 4.69) is 21.8 Å². The number of hydrogen-bond acceptors (Lipinski definition) is 2. The highest BCUT2D eigenvalue weighted by Crippen LogP contribution is 2.44. The van der Waals surface area contributed by atoms with Crippen molar-refractivity contribution in [1.29, 1.82) is 0 Å². The summed E-state index contributed by atoms with van der Waals surface area (Å²) in [6, 6.07) is 0.0727. The molecule has 5 nitrogen and oxygen atoms in total. The molecule has 1 aromatic heterocycles. The van der Waals surface area contributed by atoms with Gasteiger partial charge in [-0.05, 0) is 44.4 Å². The number of carbonyl (C=O) groups is 1. The molecule has 1 saturated heterocycles. The number of rotatable bonds is 3. The topological polar surface area (TPSA) is 50.2 Å². The maximum atomic E-state index is 12.5. The number of likely N-dealkylation sites (tertiary alicyclic amines) is 1. The van der Waals surface area contributed by atoms with Crippen molar-refractivity contribution in [3.8, 4) is 0 Å². The van der Waals surface area contributed by atoms with Gasteiger partial charge in [0.2, 0.25) is 0 Å². The lowest BCUT2D eigenvalue weighted by Crippen LogP contribution is -2.41. The summed E-state index contributed by atoms with van der Waals surface area (Å²) >= 11 is 0. The van der Waals surface area contributed by atoms with Crippen LogP contribution in [0.4, 0.5) is 4.79 Å². The van der Waals surface area contributed by atoms with Gasteiger partial charge in [0.25, 0.3) is 0 Å². The molecule has 0 bridgehead atoms. The lowest BCUT2D eigenvalue weighted by Gasteiger charge is -2.36. The van der Waals surface area contributed by atoms with Gasteiger partial charge in [0.05, 0.1) is 6.54 Å². The van der Waals surface area contributed by atoms with E-state index in [1.807, 2.05) is 11.1 Å². The summed E-state index contributed by atoms with van der Waals surface area (Å²) in [6.07, 6.45) is 14.3. The van der Waals surface area contributed by atoms with Gasteiger partial charge in [-0.3, -0.25) is 0 Å². The van der Waals surface area contributed by atoms with Gasteiger partial charge in [0.15, 0.2) is 0 Å². The largest absolute Gasteiger partial charge is 0.334 e. The first kappa shape index (κ1) is 16.3. The second-order valence-electron chi connectivity index (χ2n) is 7.19. The van der Waals surface area contributed by atoms with E-state index in [9.17, 15) is 4.79 Å². The molecule has 1 spiro atoms. The Morgan fingerprint density at radius 1 is 1.17 bits per heavy atom. The summed E-state index contributed by atoms with van der Waals surface area (Å²) in [6.45, 7) is 5.30. The highest BCUT2D eigenvalue weighted by atomic mass is 16.2. The molecule has 2 amide bonds. The summed E-state index contributed by atoms with van der Waals surface area (Å²) in [5.74, 6) is 0.930. The average Bonchev–Trinajstić information content (AvgIpc) is 2.95. The highest BCUT2D eigenvalue weighted by Gasteiger charge is 2.34. The molecule has 3 rings (SSSR count). The first-order valence-corrected chi connectivity index (χ1v) is 9.25. The molecule has 2 heterocycles. The van der Waals surface area contributed by atoms with E-state index >= 15 is 0 Å². The van der Waals surface area contributed by atoms with Crippen LogP contribution in [-0.2, 0) is 13.1 Å². The van der Waals surface area contributed by atoms with Gasteiger partial charge in [0, 0.05) is 32.0 Å². The summed E-state index contributed by atoms with van der Waals surface area (Å²) in [7, 11) is 0. The molecule has 5 heteroatoms. The van der Waals surface area contributed by atoms with Crippen LogP contribution >= 0.6 is 0 Å². The molecule has 1 aliphatic carbocycles. The molecule has 23 heavy (non-hydrogen) atoms. The second-order valence-corrected chi connectivity index (χ2v) is 7.19. The fourth-order valence-corrected chi connectivity index (χ4v) is 4.32. The Morgan fingerprint density at radius 3 is 2.74 bits per heavy atom. The third kappa shape index (κ3) is 3.88. The normalized spacial score (nSPS) is 21.2. The maximum absolute atomic E-state index is 12.5. The van der Waals surface area contributed by atoms with Gasteiger partial charge in [-0.2, -0.15) is 0 Å². The number of imidazole rings is 1. The molecule has 128 valence electrons. The number of carbonyl (C=O) groups excluding carboxylic acids is 1. The zero-order valence-electron chi connectivity index (χ0n) is 14.4. The van der Waals surface area contributed by atoms with Crippen LogP contribution in [0.15, 0.2) is 12.4 Å². The smallest absolute Gasteiger partial charge is 0.317 e. The Balaban J connectivity index is 1.52. The van der Waals surface area contributed by atoms with Crippen molar-refractivity contribution in [3.63, 3.8) is 0 Å². The van der Waals surface area contributed by atoms with Crippen molar-refractivity contribution in [2.75, 3.05) is 13.1 Å². The third-order valence-corrected chi connectivity index (χ3v) is 5.79. The molecule has 2 fully saturated rings. The van der Waals surface area contributed by atoms with E-state index in [4.69, 9.17) is 0 Å². The number of nitrogens with one attached hydrogen (secondary N) is 1. The predicted octanol–water partition coefficient (Wildman–Crippen LogP) is 3.55. The Morgan fingerprint density at radius 2 is 1.96 bits per heavy atom. The quantitative estimate of drug-likeness (QED) is 0.926. The fourth-order valence-electron chi connectivity index (χ4n) is 4.32. The van der Waals surface area contributed by atoms with Gasteiger partial charge < -0.3 is 14.8 Å². The molecule has 1 N–H and O–H groups in total. The van der Waals surface area contributed by atoms with Crippen LogP contribution in [0, 0.1) is 5.41 Å². The van der Waals surface area contributed by atoms with E-state index in [-0.39, 0.29) is 6.03 Å². The van der Waals surface area contributed by atoms with Gasteiger partial charge >= 0.3 is 6.03 Å². The summed E-state index contributed by atoms with van der Waals surface area (Å²) in [4.78, 5) is 18.8. The van der Waals surface area contributed by atoms with E-state index in [0.717, 1.165) is 31.9 Å².